The molecule has 2 N–H and O–H groups in total. The Morgan fingerprint density at radius 2 is 2.05 bits per heavy atom. The molecule has 1 aromatic carbocycles. The van der Waals surface area contributed by atoms with Crippen molar-refractivity contribution in [2.24, 2.45) is 5.92 Å². The van der Waals surface area contributed by atoms with Gasteiger partial charge in [-0.3, -0.25) is 0 Å². The quantitative estimate of drug-likeness (QED) is 0.875. The van der Waals surface area contributed by atoms with Gasteiger partial charge in [-0.25, -0.2) is 4.79 Å². The van der Waals surface area contributed by atoms with Gasteiger partial charge >= 0.3 is 6.09 Å². The van der Waals surface area contributed by atoms with Gasteiger partial charge in [0.15, 0.2) is 0 Å². The van der Waals surface area contributed by atoms with Crippen molar-refractivity contribution in [1.82, 2.24) is 5.32 Å². The summed E-state index contributed by atoms with van der Waals surface area (Å²) in [6.45, 7) is 4.18. The second-order valence-corrected chi connectivity index (χ2v) is 9.39. The fourth-order valence-electron chi connectivity index (χ4n) is 3.00. The van der Waals surface area contributed by atoms with E-state index in [0.717, 1.165) is 12.2 Å². The van der Waals surface area contributed by atoms with E-state index in [4.69, 9.17) is 0 Å². The van der Waals surface area contributed by atoms with Gasteiger partial charge in [-0.2, -0.15) is 10.0 Å². The van der Waals surface area contributed by atoms with Gasteiger partial charge in [0.1, 0.15) is 0 Å². The molecule has 1 amide bonds. The smallest absolute Gasteiger partial charge is 0.405 e. The van der Waals surface area contributed by atoms with Gasteiger partial charge < -0.3 is 10.4 Å². The maximum Gasteiger partial charge on any atom is 0.405 e. The molecule has 0 radical (unpaired) electrons. The topological polar surface area (TPSA) is 49.3 Å². The second-order valence-electron chi connectivity index (χ2n) is 5.67. The maximum atomic E-state index is 11.2. The molecular formula is C16H23NO2S. The lowest BCUT2D eigenvalue weighted by Gasteiger charge is -2.48. The van der Waals surface area contributed by atoms with Crippen molar-refractivity contribution in [3.63, 3.8) is 0 Å². The number of carboxylic acid groups (broad SMARTS) is 1. The molecule has 110 valence electrons. The van der Waals surface area contributed by atoms with E-state index in [0.29, 0.717) is 0 Å². The average Bonchev–Trinajstić information content (AvgIpc) is 2.62. The molecule has 0 saturated heterocycles. The molecule has 3 unspecified atom stereocenters. The number of hydrogen-bond donors (Lipinski definition) is 2. The third-order valence-corrected chi connectivity index (χ3v) is 8.42. The van der Waals surface area contributed by atoms with Crippen molar-refractivity contribution in [3.8, 4) is 0 Å². The molecule has 0 bridgehead atoms. The zero-order valence-electron chi connectivity index (χ0n) is 12.3. The third kappa shape index (κ3) is 2.57. The highest BCUT2D eigenvalue weighted by molar-refractivity contribution is 8.36. The standard InChI is InChI=1S/C16H23NO2S/c1-4-14-10-11-20(3,16(14,2)17-15(18)19)12-13-8-6-5-7-9-13/h5-11,14,17H,4,12H2,1-3H3,(H,18,19). The Morgan fingerprint density at radius 3 is 2.60 bits per heavy atom. The Balaban J connectivity index is 2.32. The molecule has 0 spiro atoms. The predicted octanol–water partition coefficient (Wildman–Crippen LogP) is 4.16. The largest absolute Gasteiger partial charge is 0.465 e. The van der Waals surface area contributed by atoms with Crippen molar-refractivity contribution in [1.29, 1.82) is 0 Å². The summed E-state index contributed by atoms with van der Waals surface area (Å²) in [5.74, 6) is 1.18. The van der Waals surface area contributed by atoms with Crippen molar-refractivity contribution in [2.45, 2.75) is 30.9 Å². The second kappa shape index (κ2) is 5.52. The lowest BCUT2D eigenvalue weighted by molar-refractivity contribution is 0.184. The molecule has 2 rings (SSSR count). The van der Waals surface area contributed by atoms with E-state index < -0.39 is 16.1 Å². The molecule has 1 aliphatic rings. The molecule has 1 heterocycles. The van der Waals surface area contributed by atoms with Crippen LogP contribution < -0.4 is 5.32 Å². The van der Waals surface area contributed by atoms with Crippen LogP contribution in [0.3, 0.4) is 0 Å². The Labute approximate surface area is 122 Å². The van der Waals surface area contributed by atoms with Crippen LogP contribution in [0.5, 0.6) is 0 Å². The Hall–Kier alpha value is -1.42. The van der Waals surface area contributed by atoms with E-state index in [1.165, 1.54) is 5.56 Å². The molecule has 3 nitrogen and oxygen atoms in total. The molecule has 0 fully saturated rings. The summed E-state index contributed by atoms with van der Waals surface area (Å²) in [4.78, 5) is 10.9. The molecule has 0 aromatic heterocycles. The number of hydrogen-bond acceptors (Lipinski definition) is 1. The molecule has 1 aromatic rings. The zero-order valence-corrected chi connectivity index (χ0v) is 13.1. The van der Waals surface area contributed by atoms with Gasteiger partial charge in [0.25, 0.3) is 0 Å². The van der Waals surface area contributed by atoms with Gasteiger partial charge in [0, 0.05) is 11.7 Å². The number of nitrogens with one attached hydrogen (secondary N) is 1. The fourth-order valence-corrected chi connectivity index (χ4v) is 6.36. The minimum Gasteiger partial charge on any atom is -0.465 e. The maximum absolute atomic E-state index is 11.2. The van der Waals surface area contributed by atoms with Crippen LogP contribution in [0.25, 0.3) is 0 Å². The van der Waals surface area contributed by atoms with Gasteiger partial charge in [0.2, 0.25) is 0 Å². The van der Waals surface area contributed by atoms with Crippen LogP contribution in [0, 0.1) is 5.92 Å². The summed E-state index contributed by atoms with van der Waals surface area (Å²) < 4.78 is 0. The van der Waals surface area contributed by atoms with E-state index in [1.54, 1.807) is 0 Å². The molecule has 1 aliphatic heterocycles. The summed E-state index contributed by atoms with van der Waals surface area (Å²) in [5, 5.41) is 14.3. The summed E-state index contributed by atoms with van der Waals surface area (Å²) in [6, 6.07) is 10.3. The summed E-state index contributed by atoms with van der Waals surface area (Å²) in [7, 11) is -1.23. The highest BCUT2D eigenvalue weighted by Gasteiger charge is 2.48. The van der Waals surface area contributed by atoms with Crippen LogP contribution in [-0.4, -0.2) is 22.3 Å². The van der Waals surface area contributed by atoms with Crippen LogP contribution in [0.4, 0.5) is 4.79 Å². The van der Waals surface area contributed by atoms with Gasteiger partial charge in [-0.15, -0.1) is 0 Å². The van der Waals surface area contributed by atoms with Gasteiger partial charge in [0.05, 0.1) is 4.87 Å². The number of benzene rings is 1. The van der Waals surface area contributed by atoms with Crippen molar-refractivity contribution in [3.05, 3.63) is 47.4 Å². The summed E-state index contributed by atoms with van der Waals surface area (Å²) >= 11 is 0. The van der Waals surface area contributed by atoms with Crippen LogP contribution in [-0.2, 0) is 5.75 Å². The molecule has 0 aliphatic carbocycles. The first-order chi connectivity index (χ1) is 9.41. The predicted molar refractivity (Wildman–Crippen MR) is 86.1 cm³/mol. The Bertz CT molecular complexity index is 516. The lowest BCUT2D eigenvalue weighted by atomic mass is 9.98. The number of carbonyl (C=O) groups is 1. The normalized spacial score (nSPS) is 35.5. The SMILES string of the molecule is CCC1C=CS(C)(Cc2ccccc2)C1(C)NC(=O)O. The van der Waals surface area contributed by atoms with Gasteiger partial charge in [-0.05, 0) is 30.6 Å². The highest BCUT2D eigenvalue weighted by Crippen LogP contribution is 2.66. The molecule has 20 heavy (non-hydrogen) atoms. The van der Waals surface area contributed by atoms with Crippen LogP contribution in [0.2, 0.25) is 0 Å². The molecule has 0 saturated carbocycles. The molecule has 3 atom stereocenters. The van der Waals surface area contributed by atoms with Crippen LogP contribution >= 0.6 is 10.0 Å². The Kier molecular flexibility index (Phi) is 4.14. The van der Waals surface area contributed by atoms with E-state index in [-0.39, 0.29) is 10.8 Å². The van der Waals surface area contributed by atoms with E-state index in [2.05, 4.69) is 49.0 Å². The minimum atomic E-state index is -1.23. The number of rotatable bonds is 4. The third-order valence-electron chi connectivity index (χ3n) is 4.39. The average molecular weight is 293 g/mol. The lowest BCUT2D eigenvalue weighted by Crippen LogP contribution is -2.51. The Morgan fingerprint density at radius 1 is 1.40 bits per heavy atom. The highest BCUT2D eigenvalue weighted by atomic mass is 32.3. The van der Waals surface area contributed by atoms with Crippen molar-refractivity contribution < 1.29 is 9.90 Å². The van der Waals surface area contributed by atoms with E-state index in [9.17, 15) is 9.90 Å². The van der Waals surface area contributed by atoms with Crippen molar-refractivity contribution >= 4 is 16.1 Å². The van der Waals surface area contributed by atoms with E-state index in [1.807, 2.05) is 18.2 Å². The molecule has 4 heteroatoms. The summed E-state index contributed by atoms with van der Waals surface area (Å²) in [6.07, 6.45) is 4.45. The monoisotopic (exact) mass is 293 g/mol. The first-order valence-electron chi connectivity index (χ1n) is 6.90. The zero-order chi connectivity index (χ0) is 14.8. The summed E-state index contributed by atoms with van der Waals surface area (Å²) in [5.41, 5.74) is 1.27. The van der Waals surface area contributed by atoms with Crippen LogP contribution in [0.15, 0.2) is 41.8 Å². The minimum absolute atomic E-state index is 0.266. The first-order valence-corrected chi connectivity index (χ1v) is 9.17. The molecular weight excluding hydrogens is 270 g/mol. The van der Waals surface area contributed by atoms with E-state index >= 15 is 0 Å². The first kappa shape index (κ1) is 15.0. The van der Waals surface area contributed by atoms with Crippen LogP contribution in [0.1, 0.15) is 25.8 Å². The fraction of sp³-hybridized carbons (Fsp3) is 0.438. The van der Waals surface area contributed by atoms with Crippen molar-refractivity contribution in [2.75, 3.05) is 6.26 Å². The van der Waals surface area contributed by atoms with Gasteiger partial charge in [-0.1, -0.05) is 43.3 Å². The number of amides is 1.